The first-order valence-corrected chi connectivity index (χ1v) is 8.19. The summed E-state index contributed by atoms with van der Waals surface area (Å²) in [5, 5.41) is 20.6. The minimum absolute atomic E-state index is 0.464. The highest BCUT2D eigenvalue weighted by molar-refractivity contribution is 5.87. The Morgan fingerprint density at radius 1 is 0.769 bits per heavy atom. The third kappa shape index (κ3) is 2.37. The van der Waals surface area contributed by atoms with E-state index >= 15 is 0 Å². The summed E-state index contributed by atoms with van der Waals surface area (Å²) in [5.74, 6) is -1.98. The lowest BCUT2D eigenvalue weighted by Crippen LogP contribution is -2.40. The molecule has 0 aromatic heterocycles. The van der Waals surface area contributed by atoms with Crippen molar-refractivity contribution < 1.29 is 9.47 Å². The number of fused-ring (bicyclic) bond motifs is 2. The number of rotatable bonds is 3. The third-order valence-corrected chi connectivity index (χ3v) is 4.75. The summed E-state index contributed by atoms with van der Waals surface area (Å²) in [7, 11) is 0. The summed E-state index contributed by atoms with van der Waals surface area (Å²) in [6, 6.07) is 21.8. The zero-order chi connectivity index (χ0) is 18.0. The predicted molar refractivity (Wildman–Crippen MR) is 97.4 cm³/mol. The van der Waals surface area contributed by atoms with E-state index in [4.69, 9.17) is 9.47 Å². The molecule has 0 amide bonds. The van der Waals surface area contributed by atoms with Crippen molar-refractivity contribution in [3.63, 3.8) is 0 Å². The molecule has 0 saturated heterocycles. The highest BCUT2D eigenvalue weighted by Crippen LogP contribution is 2.46. The van der Waals surface area contributed by atoms with Crippen LogP contribution in [0.2, 0.25) is 0 Å². The van der Waals surface area contributed by atoms with Crippen LogP contribution in [0, 0.1) is 23.0 Å². The molecule has 0 heterocycles. The molecular formula is C22H14N2O2. The van der Waals surface area contributed by atoms with Crippen LogP contribution in [0.4, 0.5) is 0 Å². The molecule has 1 atom stereocenters. The zero-order valence-corrected chi connectivity index (χ0v) is 13.8. The van der Waals surface area contributed by atoms with Crippen molar-refractivity contribution in [2.24, 2.45) is 0 Å². The summed E-state index contributed by atoms with van der Waals surface area (Å²) < 4.78 is 10.7. The summed E-state index contributed by atoms with van der Waals surface area (Å²) in [5.41, 5.74) is 2.88. The number of hydrogen-bond donors (Lipinski definition) is 0. The van der Waals surface area contributed by atoms with Gasteiger partial charge in [-0.15, -0.1) is 0 Å². The van der Waals surface area contributed by atoms with Gasteiger partial charge < -0.3 is 9.47 Å². The third-order valence-electron chi connectivity index (χ3n) is 4.75. The van der Waals surface area contributed by atoms with E-state index in [0.29, 0.717) is 0 Å². The van der Waals surface area contributed by atoms with Gasteiger partial charge in [0.15, 0.2) is 0 Å². The smallest absolute Gasteiger partial charge is 0.305 e. The zero-order valence-electron chi connectivity index (χ0n) is 13.8. The monoisotopic (exact) mass is 338 g/mol. The van der Waals surface area contributed by atoms with Crippen molar-refractivity contribution >= 4 is 16.8 Å². The lowest BCUT2D eigenvalue weighted by atomic mass is 9.76. The standard InChI is InChI=1S/C22H14N2O2/c23-14-25-22(26-15-24)13-12-17-7-2-4-10-19(17)21(22)20-11-5-8-16-6-1-3-9-18(16)20/h1-13,21H. The van der Waals surface area contributed by atoms with Crippen LogP contribution >= 0.6 is 0 Å². The van der Waals surface area contributed by atoms with E-state index in [1.807, 2.05) is 72.8 Å². The molecule has 0 N–H and O–H groups in total. The predicted octanol–water partition coefficient (Wildman–Crippen LogP) is 4.69. The van der Waals surface area contributed by atoms with E-state index in [-0.39, 0.29) is 0 Å². The highest BCUT2D eigenvalue weighted by Gasteiger charge is 2.47. The van der Waals surface area contributed by atoms with Crippen LogP contribution in [0.3, 0.4) is 0 Å². The lowest BCUT2D eigenvalue weighted by Gasteiger charge is -2.37. The van der Waals surface area contributed by atoms with Crippen molar-refractivity contribution in [1.29, 1.82) is 10.5 Å². The van der Waals surface area contributed by atoms with Gasteiger partial charge >= 0.3 is 5.79 Å². The first kappa shape index (κ1) is 15.7. The molecule has 0 radical (unpaired) electrons. The SMILES string of the molecule is N#COC1(OC#N)C=Cc2ccccc2C1c1cccc2ccccc12. The Kier molecular flexibility index (Phi) is 3.80. The first-order valence-electron chi connectivity index (χ1n) is 8.19. The molecule has 1 aliphatic rings. The number of nitriles is 2. The molecule has 26 heavy (non-hydrogen) atoms. The Hall–Kier alpha value is -3.76. The van der Waals surface area contributed by atoms with Gasteiger partial charge in [-0.2, -0.15) is 10.5 Å². The minimum atomic E-state index is -1.51. The van der Waals surface area contributed by atoms with Crippen LogP contribution in [0.25, 0.3) is 16.8 Å². The summed E-state index contributed by atoms with van der Waals surface area (Å²) >= 11 is 0. The number of hydrogen-bond acceptors (Lipinski definition) is 4. The summed E-state index contributed by atoms with van der Waals surface area (Å²) in [6.45, 7) is 0. The Morgan fingerprint density at radius 2 is 1.42 bits per heavy atom. The van der Waals surface area contributed by atoms with Crippen LogP contribution in [-0.2, 0) is 9.47 Å². The fourth-order valence-corrected chi connectivity index (χ4v) is 3.68. The molecule has 0 aliphatic heterocycles. The maximum Gasteiger partial charge on any atom is 0.305 e. The van der Waals surface area contributed by atoms with E-state index in [0.717, 1.165) is 27.5 Å². The van der Waals surface area contributed by atoms with Crippen molar-refractivity contribution in [2.75, 3.05) is 0 Å². The fourth-order valence-electron chi connectivity index (χ4n) is 3.68. The maximum absolute atomic E-state index is 9.24. The van der Waals surface area contributed by atoms with E-state index < -0.39 is 11.7 Å². The lowest BCUT2D eigenvalue weighted by molar-refractivity contribution is -0.128. The van der Waals surface area contributed by atoms with Crippen LogP contribution < -0.4 is 0 Å². The minimum Gasteiger partial charge on any atom is -0.376 e. The molecular weight excluding hydrogens is 324 g/mol. The summed E-state index contributed by atoms with van der Waals surface area (Å²) in [6.07, 6.45) is 6.90. The van der Waals surface area contributed by atoms with Crippen molar-refractivity contribution in [1.82, 2.24) is 0 Å². The van der Waals surface area contributed by atoms with Crippen LogP contribution in [-0.4, -0.2) is 5.79 Å². The van der Waals surface area contributed by atoms with Gasteiger partial charge in [0, 0.05) is 6.08 Å². The molecule has 3 aromatic rings. The molecule has 0 bridgehead atoms. The van der Waals surface area contributed by atoms with Crippen LogP contribution in [0.5, 0.6) is 0 Å². The normalized spacial score (nSPS) is 16.9. The van der Waals surface area contributed by atoms with Gasteiger partial charge in [-0.3, -0.25) is 0 Å². The van der Waals surface area contributed by atoms with Gasteiger partial charge in [0.05, 0.1) is 5.92 Å². The van der Waals surface area contributed by atoms with Gasteiger partial charge in [0.2, 0.25) is 0 Å². The largest absolute Gasteiger partial charge is 0.376 e. The summed E-state index contributed by atoms with van der Waals surface area (Å²) in [4.78, 5) is 0. The molecule has 1 unspecified atom stereocenters. The average Bonchev–Trinajstić information content (AvgIpc) is 2.68. The second-order valence-electron chi connectivity index (χ2n) is 6.07. The number of benzene rings is 3. The second kappa shape index (κ2) is 6.27. The van der Waals surface area contributed by atoms with E-state index in [2.05, 4.69) is 0 Å². The van der Waals surface area contributed by atoms with E-state index in [9.17, 15) is 10.5 Å². The van der Waals surface area contributed by atoms with Crippen molar-refractivity contribution in [3.05, 3.63) is 89.5 Å². The van der Waals surface area contributed by atoms with Gasteiger partial charge in [-0.05, 0) is 27.5 Å². The van der Waals surface area contributed by atoms with Gasteiger partial charge in [-0.1, -0.05) is 72.8 Å². The maximum atomic E-state index is 9.24. The quantitative estimate of drug-likeness (QED) is 0.513. The van der Waals surface area contributed by atoms with Crippen LogP contribution in [0.15, 0.2) is 72.8 Å². The Bertz CT molecular complexity index is 1070. The Morgan fingerprint density at radius 3 is 2.23 bits per heavy atom. The topological polar surface area (TPSA) is 66.0 Å². The van der Waals surface area contributed by atoms with E-state index in [1.54, 1.807) is 18.6 Å². The molecule has 0 saturated carbocycles. The van der Waals surface area contributed by atoms with Crippen molar-refractivity contribution in [3.8, 4) is 12.5 Å². The molecule has 0 spiro atoms. The molecule has 1 aliphatic carbocycles. The molecule has 124 valence electrons. The molecule has 4 heteroatoms. The number of ether oxygens (including phenoxy) is 2. The van der Waals surface area contributed by atoms with E-state index in [1.165, 1.54) is 0 Å². The van der Waals surface area contributed by atoms with Gasteiger partial charge in [0.25, 0.3) is 12.5 Å². The van der Waals surface area contributed by atoms with Gasteiger partial charge in [0.1, 0.15) is 0 Å². The molecule has 0 fully saturated rings. The highest BCUT2D eigenvalue weighted by atomic mass is 16.7. The average molecular weight is 338 g/mol. The Balaban J connectivity index is 2.04. The fraction of sp³-hybridized carbons (Fsp3) is 0.0909. The molecule has 3 aromatic carbocycles. The molecule has 4 rings (SSSR count). The molecule has 4 nitrogen and oxygen atoms in total. The Labute approximate surface area is 151 Å². The number of nitrogens with zero attached hydrogens (tertiary/aromatic N) is 2. The van der Waals surface area contributed by atoms with Crippen molar-refractivity contribution in [2.45, 2.75) is 11.7 Å². The van der Waals surface area contributed by atoms with Gasteiger partial charge in [-0.25, -0.2) is 0 Å². The van der Waals surface area contributed by atoms with Crippen LogP contribution in [0.1, 0.15) is 22.6 Å². The first-order chi connectivity index (χ1) is 12.8. The second-order valence-corrected chi connectivity index (χ2v) is 6.07.